The molecule has 0 spiro atoms. The second-order valence-corrected chi connectivity index (χ2v) is 4.67. The van der Waals surface area contributed by atoms with Gasteiger partial charge in [0.25, 0.3) is 0 Å². The molecule has 4 heteroatoms. The molecule has 0 saturated carbocycles. The van der Waals surface area contributed by atoms with Gasteiger partial charge in [-0.05, 0) is 35.9 Å². The molecule has 1 aliphatic rings. The third-order valence-electron chi connectivity index (χ3n) is 3.29. The van der Waals surface area contributed by atoms with Crippen LogP contribution in [0.4, 0.5) is 0 Å². The van der Waals surface area contributed by atoms with Gasteiger partial charge in [0.05, 0.1) is 20.3 Å². The summed E-state index contributed by atoms with van der Waals surface area (Å²) in [5.41, 5.74) is 1.97. The lowest BCUT2D eigenvalue weighted by atomic mass is 10.2. The Hall–Kier alpha value is -2.04. The van der Waals surface area contributed by atoms with Gasteiger partial charge in [-0.25, -0.2) is 0 Å². The van der Waals surface area contributed by atoms with Gasteiger partial charge in [0.2, 0.25) is 0 Å². The van der Waals surface area contributed by atoms with Crippen molar-refractivity contribution in [3.63, 3.8) is 0 Å². The van der Waals surface area contributed by atoms with Gasteiger partial charge in [-0.3, -0.25) is 0 Å². The lowest BCUT2D eigenvalue weighted by Crippen LogP contribution is -2.03. The van der Waals surface area contributed by atoms with E-state index in [0.29, 0.717) is 19.8 Å². The van der Waals surface area contributed by atoms with Gasteiger partial charge in [-0.1, -0.05) is 18.2 Å². The van der Waals surface area contributed by atoms with Crippen molar-refractivity contribution in [1.82, 2.24) is 0 Å². The van der Waals surface area contributed by atoms with Crippen LogP contribution in [0.2, 0.25) is 0 Å². The topological polar surface area (TPSA) is 36.9 Å². The summed E-state index contributed by atoms with van der Waals surface area (Å²) in [6, 6.07) is 16.4. The fourth-order valence-corrected chi connectivity index (χ4v) is 2.17. The molecule has 1 aliphatic heterocycles. The second-order valence-electron chi connectivity index (χ2n) is 4.67. The van der Waals surface area contributed by atoms with Crippen molar-refractivity contribution in [2.45, 2.75) is 12.9 Å². The van der Waals surface area contributed by atoms with E-state index in [9.17, 15) is 0 Å². The van der Waals surface area contributed by atoms with Crippen molar-refractivity contribution in [2.75, 3.05) is 20.3 Å². The van der Waals surface area contributed by atoms with Crippen LogP contribution < -0.4 is 9.47 Å². The van der Waals surface area contributed by atoms with Crippen molar-refractivity contribution in [3.8, 4) is 11.5 Å². The van der Waals surface area contributed by atoms with Crippen molar-refractivity contribution in [2.24, 2.45) is 0 Å². The first-order chi connectivity index (χ1) is 10.4. The zero-order valence-corrected chi connectivity index (χ0v) is 11.9. The Labute approximate surface area is 124 Å². The first-order valence-corrected chi connectivity index (χ1v) is 6.86. The summed E-state index contributed by atoms with van der Waals surface area (Å²) in [6.07, 6.45) is -0.342. The van der Waals surface area contributed by atoms with Crippen LogP contribution in [0.1, 0.15) is 17.4 Å². The Morgan fingerprint density at radius 1 is 1.14 bits per heavy atom. The van der Waals surface area contributed by atoms with Gasteiger partial charge >= 0.3 is 0 Å². The lowest BCUT2D eigenvalue weighted by molar-refractivity contribution is -0.0458. The highest BCUT2D eigenvalue weighted by molar-refractivity contribution is 5.34. The van der Waals surface area contributed by atoms with Crippen LogP contribution >= 0.6 is 0 Å². The summed E-state index contributed by atoms with van der Waals surface area (Å²) in [5.74, 6) is 1.57. The highest BCUT2D eigenvalue weighted by atomic mass is 16.7. The van der Waals surface area contributed by atoms with E-state index in [1.807, 2.05) is 42.5 Å². The normalized spacial score (nSPS) is 15.1. The minimum Gasteiger partial charge on any atom is -0.497 e. The molecule has 109 valence electrons. The van der Waals surface area contributed by atoms with Crippen LogP contribution in [-0.4, -0.2) is 20.3 Å². The van der Waals surface area contributed by atoms with Gasteiger partial charge in [0.15, 0.2) is 6.29 Å². The first-order valence-electron chi connectivity index (χ1n) is 6.86. The molecule has 2 aromatic carbocycles. The van der Waals surface area contributed by atoms with E-state index in [-0.39, 0.29) is 6.29 Å². The van der Waals surface area contributed by atoms with E-state index >= 15 is 0 Å². The van der Waals surface area contributed by atoms with Crippen molar-refractivity contribution >= 4 is 0 Å². The molecule has 1 radical (unpaired) electrons. The molecule has 1 saturated heterocycles. The standard InChI is InChI=1S/C17H17O4/c1-18-14-8-6-13(7-9-14)12-21-16-5-3-2-4-15(16)17-19-10-11-20-17/h2,4-9,17H,10-12H2,1H3. The van der Waals surface area contributed by atoms with Crippen LogP contribution in [0.3, 0.4) is 0 Å². The van der Waals surface area contributed by atoms with Gasteiger partial charge in [-0.15, -0.1) is 0 Å². The smallest absolute Gasteiger partial charge is 0.187 e. The molecule has 2 aromatic rings. The van der Waals surface area contributed by atoms with E-state index in [2.05, 4.69) is 6.07 Å². The Balaban J connectivity index is 1.69. The van der Waals surface area contributed by atoms with Gasteiger partial charge in [0, 0.05) is 5.56 Å². The van der Waals surface area contributed by atoms with Crippen molar-refractivity contribution < 1.29 is 18.9 Å². The summed E-state index contributed by atoms with van der Waals surface area (Å²) in [6.45, 7) is 1.70. The van der Waals surface area contributed by atoms with Crippen LogP contribution in [0.25, 0.3) is 0 Å². The van der Waals surface area contributed by atoms with Gasteiger partial charge < -0.3 is 18.9 Å². The molecule has 0 amide bonds. The summed E-state index contributed by atoms with van der Waals surface area (Å²) in [5, 5.41) is 0. The quantitative estimate of drug-likeness (QED) is 0.846. The van der Waals surface area contributed by atoms with Crippen LogP contribution in [0.5, 0.6) is 11.5 Å². The van der Waals surface area contributed by atoms with Crippen LogP contribution in [0, 0.1) is 6.07 Å². The number of rotatable bonds is 5. The van der Waals surface area contributed by atoms with Crippen LogP contribution in [-0.2, 0) is 16.1 Å². The molecule has 0 unspecified atom stereocenters. The number of hydrogen-bond acceptors (Lipinski definition) is 4. The highest BCUT2D eigenvalue weighted by Crippen LogP contribution is 2.31. The SMILES string of the molecule is COc1ccc(COc2c[c]ccc2C2OCCO2)cc1. The predicted molar refractivity (Wildman–Crippen MR) is 77.2 cm³/mol. The zero-order valence-electron chi connectivity index (χ0n) is 11.9. The zero-order chi connectivity index (χ0) is 14.5. The number of hydrogen-bond donors (Lipinski definition) is 0. The van der Waals surface area contributed by atoms with Gasteiger partial charge in [0.1, 0.15) is 18.1 Å². The lowest BCUT2D eigenvalue weighted by Gasteiger charge is -2.15. The summed E-state index contributed by atoms with van der Waals surface area (Å²) < 4.78 is 22.1. The third kappa shape index (κ3) is 3.35. The maximum atomic E-state index is 5.88. The molecule has 21 heavy (non-hydrogen) atoms. The Morgan fingerprint density at radius 2 is 1.90 bits per heavy atom. The van der Waals surface area contributed by atoms with Crippen LogP contribution in [0.15, 0.2) is 42.5 Å². The second kappa shape index (κ2) is 6.61. The maximum absolute atomic E-state index is 5.88. The highest BCUT2D eigenvalue weighted by Gasteiger charge is 2.21. The first kappa shape index (κ1) is 13.9. The fourth-order valence-electron chi connectivity index (χ4n) is 2.17. The molecule has 1 fully saturated rings. The molecule has 0 aliphatic carbocycles. The number of ether oxygens (including phenoxy) is 4. The molecule has 0 N–H and O–H groups in total. The summed E-state index contributed by atoms with van der Waals surface area (Å²) in [4.78, 5) is 0. The fraction of sp³-hybridized carbons (Fsp3) is 0.294. The molecular formula is C17H17O4. The molecule has 0 aromatic heterocycles. The van der Waals surface area contributed by atoms with E-state index in [1.165, 1.54) is 0 Å². The average molecular weight is 285 g/mol. The van der Waals surface area contributed by atoms with E-state index in [0.717, 1.165) is 22.6 Å². The van der Waals surface area contributed by atoms with E-state index in [1.54, 1.807) is 7.11 Å². The van der Waals surface area contributed by atoms with E-state index < -0.39 is 0 Å². The molecule has 3 rings (SSSR count). The minimum atomic E-state index is -0.342. The average Bonchev–Trinajstić information content (AvgIpc) is 3.08. The monoisotopic (exact) mass is 285 g/mol. The van der Waals surface area contributed by atoms with E-state index in [4.69, 9.17) is 18.9 Å². The molecule has 0 bridgehead atoms. The summed E-state index contributed by atoms with van der Waals surface area (Å²) in [7, 11) is 1.65. The van der Waals surface area contributed by atoms with Gasteiger partial charge in [-0.2, -0.15) is 0 Å². The minimum absolute atomic E-state index is 0.342. The summed E-state index contributed by atoms with van der Waals surface area (Å²) >= 11 is 0. The van der Waals surface area contributed by atoms with Crippen molar-refractivity contribution in [3.05, 3.63) is 59.7 Å². The largest absolute Gasteiger partial charge is 0.497 e. The Morgan fingerprint density at radius 3 is 2.62 bits per heavy atom. The predicted octanol–water partition coefficient (Wildman–Crippen LogP) is 3.12. The third-order valence-corrected chi connectivity index (χ3v) is 3.29. The molecular weight excluding hydrogens is 268 g/mol. The maximum Gasteiger partial charge on any atom is 0.187 e. The van der Waals surface area contributed by atoms with Crippen molar-refractivity contribution in [1.29, 1.82) is 0 Å². The Bertz CT molecular complexity index is 574. The Kier molecular flexibility index (Phi) is 4.38. The number of methoxy groups -OCH3 is 1. The molecule has 1 heterocycles. The number of benzene rings is 2. The molecule has 0 atom stereocenters. The molecule has 4 nitrogen and oxygen atoms in total.